The minimum atomic E-state index is -4.82. The highest BCUT2D eigenvalue weighted by Gasteiger charge is 2.29. The zero-order valence-corrected chi connectivity index (χ0v) is 27.6. The van der Waals surface area contributed by atoms with Crippen molar-refractivity contribution in [3.8, 4) is 5.75 Å². The van der Waals surface area contributed by atoms with Gasteiger partial charge in [0.1, 0.15) is 33.8 Å². The van der Waals surface area contributed by atoms with Crippen molar-refractivity contribution in [3.63, 3.8) is 0 Å². The fourth-order valence-electron chi connectivity index (χ4n) is 4.57. The van der Waals surface area contributed by atoms with E-state index in [2.05, 4.69) is 30.0 Å². The summed E-state index contributed by atoms with van der Waals surface area (Å²) < 4.78 is 51.0. The number of carbonyl (C=O) groups excluding carboxylic acids is 1. The first kappa shape index (κ1) is 35.5. The molecule has 2 atom stereocenters. The number of phenols is 1. The fraction of sp³-hybridized carbons (Fsp3) is 0.276. The number of aromatic hydroxyl groups is 1. The lowest BCUT2D eigenvalue weighted by molar-refractivity contribution is -0.118. The third-order valence-electron chi connectivity index (χ3n) is 6.86. The average Bonchev–Trinajstić information content (AvgIpc) is 3.10. The number of nitrogens with zero attached hydrogens (tertiary/aromatic N) is 7. The van der Waals surface area contributed by atoms with Crippen LogP contribution in [0.15, 0.2) is 107 Å². The van der Waals surface area contributed by atoms with Gasteiger partial charge in [-0.05, 0) is 54.1 Å². The van der Waals surface area contributed by atoms with Crippen LogP contribution in [0.25, 0.3) is 10.8 Å². The molecule has 2 unspecified atom stereocenters. The summed E-state index contributed by atoms with van der Waals surface area (Å²) in [5.74, 6) is 5.41. The SMILES string of the molecule is CCOC1=CC(N=Nc2cccc([P+](=O)N=O)c2)=C(OCC)CC1N=Nc1c(S(=O)(=O)N=O)cc2ccc(N(N)C(=O)CC)cc2c1O. The minimum Gasteiger partial charge on any atom is -0.505 e. The molecule has 4 rings (SSSR count). The quantitative estimate of drug-likeness (QED) is 0.0458. The van der Waals surface area contributed by atoms with Crippen molar-refractivity contribution in [3.05, 3.63) is 81.6 Å². The van der Waals surface area contributed by atoms with Crippen LogP contribution in [-0.4, -0.2) is 38.7 Å². The molecule has 3 aromatic carbocycles. The van der Waals surface area contributed by atoms with Gasteiger partial charge in [0.25, 0.3) is 0 Å². The van der Waals surface area contributed by atoms with Gasteiger partial charge in [-0.2, -0.15) is 18.6 Å². The van der Waals surface area contributed by atoms with Gasteiger partial charge in [-0.3, -0.25) is 4.79 Å². The Morgan fingerprint density at radius 2 is 1.79 bits per heavy atom. The number of ether oxygens (including phenoxy) is 2. The Morgan fingerprint density at radius 1 is 1.04 bits per heavy atom. The van der Waals surface area contributed by atoms with Crippen molar-refractivity contribution in [2.45, 2.75) is 44.6 Å². The highest BCUT2D eigenvalue weighted by molar-refractivity contribution is 7.90. The number of anilines is 1. The van der Waals surface area contributed by atoms with Gasteiger partial charge in [0.2, 0.25) is 16.2 Å². The Bertz CT molecular complexity index is 2010. The monoisotopic (exact) mass is 697 g/mol. The van der Waals surface area contributed by atoms with Crippen LogP contribution >= 0.6 is 7.95 Å². The predicted octanol–water partition coefficient (Wildman–Crippen LogP) is 6.56. The molecule has 3 aromatic rings. The number of rotatable bonds is 14. The van der Waals surface area contributed by atoms with Gasteiger partial charge in [-0.25, -0.2) is 10.9 Å². The van der Waals surface area contributed by atoms with E-state index in [1.807, 2.05) is 0 Å². The summed E-state index contributed by atoms with van der Waals surface area (Å²) in [6.45, 7) is 5.52. The number of hydrogen-bond donors (Lipinski definition) is 2. The Morgan fingerprint density at radius 3 is 2.46 bits per heavy atom. The van der Waals surface area contributed by atoms with Gasteiger partial charge in [0, 0.05) is 30.4 Å². The lowest BCUT2D eigenvalue weighted by atomic mass is 10.0. The molecule has 0 aliphatic heterocycles. The molecule has 0 saturated carbocycles. The second-order valence-corrected chi connectivity index (χ2v) is 12.6. The van der Waals surface area contributed by atoms with Crippen LogP contribution in [0.1, 0.15) is 33.6 Å². The van der Waals surface area contributed by atoms with Crippen LogP contribution in [0.3, 0.4) is 0 Å². The van der Waals surface area contributed by atoms with E-state index < -0.39 is 46.3 Å². The molecule has 0 bridgehead atoms. The second-order valence-electron chi connectivity index (χ2n) is 9.88. The molecule has 0 fully saturated rings. The minimum absolute atomic E-state index is 0.0201. The summed E-state index contributed by atoms with van der Waals surface area (Å²) in [7, 11) is -7.29. The van der Waals surface area contributed by atoms with Crippen molar-refractivity contribution < 1.29 is 32.4 Å². The van der Waals surface area contributed by atoms with Crippen LogP contribution in [-0.2, 0) is 28.9 Å². The van der Waals surface area contributed by atoms with Crippen LogP contribution in [0, 0.1) is 9.81 Å². The smallest absolute Gasteiger partial charge is 0.505 e. The number of phenolic OH excluding ortho intramolecular Hbond substituents is 1. The molecule has 3 N–H and O–H groups in total. The lowest BCUT2D eigenvalue weighted by Gasteiger charge is -2.23. The van der Waals surface area contributed by atoms with Gasteiger partial charge in [-0.1, -0.05) is 24.0 Å². The van der Waals surface area contributed by atoms with E-state index in [0.29, 0.717) is 11.4 Å². The number of benzene rings is 3. The largest absolute Gasteiger partial charge is 0.565 e. The molecule has 0 saturated heterocycles. The number of hydrazine groups is 1. The first-order chi connectivity index (χ1) is 23.0. The lowest BCUT2D eigenvalue weighted by Crippen LogP contribution is -2.36. The third kappa shape index (κ3) is 7.79. The normalized spacial score (nSPS) is 15.5. The molecule has 0 radical (unpaired) electrons. The topological polar surface area (TPSA) is 245 Å². The number of sulfonamides is 1. The van der Waals surface area contributed by atoms with Gasteiger partial charge in [-0.15, -0.1) is 15.1 Å². The summed E-state index contributed by atoms with van der Waals surface area (Å²) >= 11 is 0. The summed E-state index contributed by atoms with van der Waals surface area (Å²) in [5.41, 5.74) is 0.188. The average molecular weight is 698 g/mol. The number of azo groups is 2. The Balaban J connectivity index is 1.78. The predicted molar refractivity (Wildman–Crippen MR) is 176 cm³/mol. The molecular weight excluding hydrogens is 667 g/mol. The van der Waals surface area contributed by atoms with Gasteiger partial charge >= 0.3 is 18.0 Å². The van der Waals surface area contributed by atoms with Crippen molar-refractivity contribution in [2.75, 3.05) is 18.2 Å². The molecule has 0 spiro atoms. The van der Waals surface area contributed by atoms with E-state index in [1.54, 1.807) is 32.9 Å². The molecule has 1 amide bonds. The van der Waals surface area contributed by atoms with Gasteiger partial charge in [0.05, 0.1) is 29.2 Å². The first-order valence-electron chi connectivity index (χ1n) is 14.4. The van der Waals surface area contributed by atoms with Crippen molar-refractivity contribution in [1.29, 1.82) is 0 Å². The van der Waals surface area contributed by atoms with Gasteiger partial charge < -0.3 is 14.6 Å². The highest BCUT2D eigenvalue weighted by Crippen LogP contribution is 2.43. The standard InChI is InChI=1S/C29H29N8O9PS/c1-4-27(38)37(30)19-11-10-17-12-26(48(43,44)36-41)28(29(39)21(17)14-19)34-33-23-16-24(45-5-2)22(15-25(23)46-6-3)32-31-18-8-7-9-20(13-18)47(42)35-40/h7-15,23H,4-6,16,30H2,1-3H3/p+1. The van der Waals surface area contributed by atoms with Crippen molar-refractivity contribution in [1.82, 2.24) is 0 Å². The van der Waals surface area contributed by atoms with Crippen molar-refractivity contribution >= 4 is 57.0 Å². The second kappa shape index (κ2) is 15.5. The highest BCUT2D eigenvalue weighted by atomic mass is 32.2. The maximum atomic E-state index is 12.7. The third-order valence-corrected chi connectivity index (χ3v) is 8.79. The van der Waals surface area contributed by atoms with E-state index in [4.69, 9.17) is 15.3 Å². The van der Waals surface area contributed by atoms with Crippen LogP contribution in [0.2, 0.25) is 0 Å². The van der Waals surface area contributed by atoms with E-state index in [9.17, 15) is 32.7 Å². The van der Waals surface area contributed by atoms with Crippen LogP contribution in [0.4, 0.5) is 17.1 Å². The number of hydrogen-bond acceptors (Lipinski definition) is 14. The van der Waals surface area contributed by atoms with E-state index >= 15 is 0 Å². The Labute approximate surface area is 275 Å². The molecule has 0 aromatic heterocycles. The molecule has 250 valence electrons. The molecular formula is C29H30N8O9PS+. The molecule has 48 heavy (non-hydrogen) atoms. The number of allylic oxidation sites excluding steroid dienone is 1. The Kier molecular flexibility index (Phi) is 11.5. The number of nitrogens with two attached hydrogens (primary N) is 1. The number of nitroso groups, excluding NO2 is 2. The molecule has 1 aliphatic rings. The molecule has 1 aliphatic carbocycles. The van der Waals surface area contributed by atoms with Crippen LogP contribution < -0.4 is 16.2 Å². The summed E-state index contributed by atoms with van der Waals surface area (Å²) in [5, 5.41) is 29.4. The van der Waals surface area contributed by atoms with E-state index in [-0.39, 0.29) is 59.3 Å². The van der Waals surface area contributed by atoms with Gasteiger partial charge in [0.15, 0.2) is 5.75 Å². The zero-order chi connectivity index (χ0) is 35.0. The molecule has 0 heterocycles. The van der Waals surface area contributed by atoms with Crippen molar-refractivity contribution in [2.24, 2.45) is 35.8 Å². The summed E-state index contributed by atoms with van der Waals surface area (Å²) in [6, 6.07) is 10.4. The number of fused-ring (bicyclic) bond motifs is 1. The maximum Gasteiger partial charge on any atom is 0.565 e. The summed E-state index contributed by atoms with van der Waals surface area (Å²) in [4.78, 5) is 36.1. The first-order valence-corrected chi connectivity index (χ1v) is 17.0. The molecule has 19 heteroatoms. The Hall–Kier alpha value is -5.32. The fourth-order valence-corrected chi connectivity index (χ4v) is 5.86. The van der Waals surface area contributed by atoms with E-state index in [1.165, 1.54) is 36.4 Å². The van der Waals surface area contributed by atoms with E-state index in [0.717, 1.165) is 11.1 Å². The summed E-state index contributed by atoms with van der Waals surface area (Å²) in [6.07, 6.45) is 1.63. The van der Waals surface area contributed by atoms with Crippen LogP contribution in [0.5, 0.6) is 5.75 Å². The maximum absolute atomic E-state index is 12.7. The number of amides is 1. The molecule has 17 nitrogen and oxygen atoms in total. The zero-order valence-electron chi connectivity index (χ0n) is 25.9. The number of carbonyl (C=O) groups is 1.